The second kappa shape index (κ2) is 4.99. The number of anilines is 1. The fourth-order valence-corrected chi connectivity index (χ4v) is 1.52. The molecule has 0 aromatic heterocycles. The molecule has 0 aliphatic carbocycles. The average molecular weight is 195 g/mol. The minimum absolute atomic E-state index is 0.168. The fourth-order valence-electron chi connectivity index (χ4n) is 1.52. The second-order valence-corrected chi connectivity index (χ2v) is 3.82. The Labute approximate surface area is 85.3 Å². The standard InChI is InChI=1S/C12H18FN/c1-4-5-10(3)14-12-8-9(2)6-7-11(12)13/h6-8,10,14H,4-5H2,1-3H3/t10-/m1/s1. The number of hydrogen-bond acceptors (Lipinski definition) is 1. The molecule has 1 rings (SSSR count). The van der Waals surface area contributed by atoms with Crippen LogP contribution in [-0.4, -0.2) is 6.04 Å². The molecule has 0 saturated heterocycles. The average Bonchev–Trinajstić information content (AvgIpc) is 2.12. The Morgan fingerprint density at radius 1 is 1.43 bits per heavy atom. The predicted octanol–water partition coefficient (Wildman–Crippen LogP) is 3.73. The van der Waals surface area contributed by atoms with Gasteiger partial charge in [-0.05, 0) is 38.0 Å². The van der Waals surface area contributed by atoms with Crippen molar-refractivity contribution in [2.24, 2.45) is 0 Å². The highest BCUT2D eigenvalue weighted by atomic mass is 19.1. The first kappa shape index (κ1) is 11.0. The van der Waals surface area contributed by atoms with Crippen LogP contribution >= 0.6 is 0 Å². The topological polar surface area (TPSA) is 12.0 Å². The molecule has 78 valence electrons. The van der Waals surface area contributed by atoms with Gasteiger partial charge >= 0.3 is 0 Å². The van der Waals surface area contributed by atoms with Gasteiger partial charge in [-0.2, -0.15) is 0 Å². The van der Waals surface area contributed by atoms with E-state index in [2.05, 4.69) is 19.2 Å². The van der Waals surface area contributed by atoms with Gasteiger partial charge < -0.3 is 5.32 Å². The zero-order valence-corrected chi connectivity index (χ0v) is 9.10. The molecule has 0 radical (unpaired) electrons. The molecule has 14 heavy (non-hydrogen) atoms. The Kier molecular flexibility index (Phi) is 3.93. The van der Waals surface area contributed by atoms with Crippen LogP contribution in [0, 0.1) is 12.7 Å². The summed E-state index contributed by atoms with van der Waals surface area (Å²) in [7, 11) is 0. The molecule has 1 nitrogen and oxygen atoms in total. The third-order valence-corrected chi connectivity index (χ3v) is 2.25. The van der Waals surface area contributed by atoms with E-state index in [1.165, 1.54) is 6.07 Å². The molecule has 0 heterocycles. The van der Waals surface area contributed by atoms with Crippen LogP contribution in [0.2, 0.25) is 0 Å². The molecule has 0 bridgehead atoms. The number of rotatable bonds is 4. The number of hydrogen-bond donors (Lipinski definition) is 1. The van der Waals surface area contributed by atoms with E-state index in [0.717, 1.165) is 18.4 Å². The highest BCUT2D eigenvalue weighted by Gasteiger charge is 2.05. The summed E-state index contributed by atoms with van der Waals surface area (Å²) in [6, 6.07) is 5.47. The van der Waals surface area contributed by atoms with Crippen LogP contribution < -0.4 is 5.32 Å². The summed E-state index contributed by atoms with van der Waals surface area (Å²) in [5.74, 6) is -0.168. The van der Waals surface area contributed by atoms with Gasteiger partial charge in [0, 0.05) is 6.04 Å². The van der Waals surface area contributed by atoms with Gasteiger partial charge in [0.1, 0.15) is 5.82 Å². The van der Waals surface area contributed by atoms with E-state index in [4.69, 9.17) is 0 Å². The van der Waals surface area contributed by atoms with Crippen molar-refractivity contribution in [2.75, 3.05) is 5.32 Å². The summed E-state index contributed by atoms with van der Waals surface area (Å²) in [5, 5.41) is 3.18. The predicted molar refractivity (Wildman–Crippen MR) is 59.1 cm³/mol. The molecule has 0 aliphatic rings. The van der Waals surface area contributed by atoms with Gasteiger partial charge in [-0.3, -0.25) is 0 Å². The molecule has 1 aromatic rings. The minimum atomic E-state index is -0.168. The lowest BCUT2D eigenvalue weighted by Crippen LogP contribution is -2.15. The van der Waals surface area contributed by atoms with Crippen LogP contribution in [0.15, 0.2) is 18.2 Å². The Morgan fingerprint density at radius 3 is 2.79 bits per heavy atom. The van der Waals surface area contributed by atoms with Crippen molar-refractivity contribution in [2.45, 2.75) is 39.7 Å². The van der Waals surface area contributed by atoms with E-state index in [0.29, 0.717) is 11.7 Å². The maximum atomic E-state index is 13.3. The Balaban J connectivity index is 2.70. The number of nitrogens with one attached hydrogen (secondary N) is 1. The Hall–Kier alpha value is -1.05. The first-order valence-corrected chi connectivity index (χ1v) is 5.16. The van der Waals surface area contributed by atoms with Crippen molar-refractivity contribution in [3.05, 3.63) is 29.6 Å². The third kappa shape index (κ3) is 3.02. The van der Waals surface area contributed by atoms with Gasteiger partial charge in [-0.15, -0.1) is 0 Å². The van der Waals surface area contributed by atoms with E-state index in [1.54, 1.807) is 6.07 Å². The van der Waals surface area contributed by atoms with Gasteiger partial charge in [0.2, 0.25) is 0 Å². The summed E-state index contributed by atoms with van der Waals surface area (Å²) < 4.78 is 13.3. The van der Waals surface area contributed by atoms with Crippen LogP contribution in [0.3, 0.4) is 0 Å². The molecular formula is C12H18FN. The van der Waals surface area contributed by atoms with Crippen LogP contribution in [0.4, 0.5) is 10.1 Å². The van der Waals surface area contributed by atoms with E-state index >= 15 is 0 Å². The molecule has 0 unspecified atom stereocenters. The summed E-state index contributed by atoms with van der Waals surface area (Å²) in [6.07, 6.45) is 2.18. The molecule has 2 heteroatoms. The molecule has 1 aromatic carbocycles. The number of benzene rings is 1. The van der Waals surface area contributed by atoms with Crippen LogP contribution in [0.5, 0.6) is 0 Å². The van der Waals surface area contributed by atoms with Crippen LogP contribution in [-0.2, 0) is 0 Å². The van der Waals surface area contributed by atoms with E-state index in [-0.39, 0.29) is 5.82 Å². The highest BCUT2D eigenvalue weighted by Crippen LogP contribution is 2.17. The SMILES string of the molecule is CCC[C@@H](C)Nc1cc(C)ccc1F. The first-order valence-electron chi connectivity index (χ1n) is 5.16. The molecule has 1 atom stereocenters. The molecule has 0 aliphatic heterocycles. The van der Waals surface area contributed by atoms with Gasteiger partial charge in [0.15, 0.2) is 0 Å². The zero-order chi connectivity index (χ0) is 10.6. The van der Waals surface area contributed by atoms with Gasteiger partial charge in [-0.25, -0.2) is 4.39 Å². The first-order chi connectivity index (χ1) is 6.63. The quantitative estimate of drug-likeness (QED) is 0.771. The Bertz CT molecular complexity index is 296. The van der Waals surface area contributed by atoms with Crippen LogP contribution in [0.25, 0.3) is 0 Å². The lowest BCUT2D eigenvalue weighted by Gasteiger charge is -2.15. The third-order valence-electron chi connectivity index (χ3n) is 2.25. The lowest BCUT2D eigenvalue weighted by atomic mass is 10.1. The second-order valence-electron chi connectivity index (χ2n) is 3.82. The van der Waals surface area contributed by atoms with Crippen molar-refractivity contribution in [1.29, 1.82) is 0 Å². The van der Waals surface area contributed by atoms with E-state index < -0.39 is 0 Å². The largest absolute Gasteiger partial charge is 0.380 e. The molecule has 0 spiro atoms. The Morgan fingerprint density at radius 2 is 2.14 bits per heavy atom. The summed E-state index contributed by atoms with van der Waals surface area (Å²) in [6.45, 7) is 6.17. The summed E-state index contributed by atoms with van der Waals surface area (Å²) in [5.41, 5.74) is 1.70. The summed E-state index contributed by atoms with van der Waals surface area (Å²) in [4.78, 5) is 0. The zero-order valence-electron chi connectivity index (χ0n) is 9.10. The molecule has 0 fully saturated rings. The van der Waals surface area contributed by atoms with Crippen molar-refractivity contribution in [1.82, 2.24) is 0 Å². The molecular weight excluding hydrogens is 177 g/mol. The van der Waals surface area contributed by atoms with Crippen LogP contribution in [0.1, 0.15) is 32.3 Å². The minimum Gasteiger partial charge on any atom is -0.380 e. The highest BCUT2D eigenvalue weighted by molar-refractivity contribution is 5.47. The van der Waals surface area contributed by atoms with Gasteiger partial charge in [0.25, 0.3) is 0 Å². The maximum absolute atomic E-state index is 13.3. The maximum Gasteiger partial charge on any atom is 0.146 e. The van der Waals surface area contributed by atoms with Crippen molar-refractivity contribution in [3.63, 3.8) is 0 Å². The molecule has 0 saturated carbocycles. The van der Waals surface area contributed by atoms with E-state index in [9.17, 15) is 4.39 Å². The summed E-state index contributed by atoms with van der Waals surface area (Å²) >= 11 is 0. The normalized spacial score (nSPS) is 12.6. The number of halogens is 1. The number of aryl methyl sites for hydroxylation is 1. The van der Waals surface area contributed by atoms with Gasteiger partial charge in [0.05, 0.1) is 5.69 Å². The van der Waals surface area contributed by atoms with E-state index in [1.807, 2.05) is 13.0 Å². The smallest absolute Gasteiger partial charge is 0.146 e. The molecule has 1 N–H and O–H groups in total. The van der Waals surface area contributed by atoms with Gasteiger partial charge in [-0.1, -0.05) is 19.4 Å². The fraction of sp³-hybridized carbons (Fsp3) is 0.500. The molecule has 0 amide bonds. The monoisotopic (exact) mass is 195 g/mol. The van der Waals surface area contributed by atoms with Crippen molar-refractivity contribution in [3.8, 4) is 0 Å². The lowest BCUT2D eigenvalue weighted by molar-refractivity contribution is 0.620. The van der Waals surface area contributed by atoms with Crippen molar-refractivity contribution >= 4 is 5.69 Å². The van der Waals surface area contributed by atoms with Crippen molar-refractivity contribution < 1.29 is 4.39 Å².